The monoisotopic (exact) mass is 256 g/mol. The molecule has 0 saturated carbocycles. The molecule has 0 spiro atoms. The lowest BCUT2D eigenvalue weighted by molar-refractivity contribution is 0.0953. The van der Waals surface area contributed by atoms with Gasteiger partial charge in [0.15, 0.2) is 0 Å². The van der Waals surface area contributed by atoms with Crippen molar-refractivity contribution in [3.05, 3.63) is 34.3 Å². The summed E-state index contributed by atoms with van der Waals surface area (Å²) in [6.07, 6.45) is 0. The van der Waals surface area contributed by atoms with Gasteiger partial charge in [-0.1, -0.05) is 12.1 Å². The van der Waals surface area contributed by atoms with Crippen LogP contribution in [-0.2, 0) is 0 Å². The molecule has 14 heavy (non-hydrogen) atoms. The molecule has 0 unspecified atom stereocenters. The van der Waals surface area contributed by atoms with Crippen LogP contribution in [-0.4, -0.2) is 26.0 Å². The number of nitrogens with one attached hydrogen (secondary N) is 2. The van der Waals surface area contributed by atoms with Gasteiger partial charge in [-0.2, -0.15) is 0 Å². The van der Waals surface area contributed by atoms with Crippen molar-refractivity contribution in [2.24, 2.45) is 0 Å². The maximum Gasteiger partial charge on any atom is 0.252 e. The van der Waals surface area contributed by atoms with E-state index in [1.165, 1.54) is 0 Å². The molecule has 1 aromatic carbocycles. The van der Waals surface area contributed by atoms with E-state index in [-0.39, 0.29) is 5.91 Å². The Morgan fingerprint density at radius 1 is 1.36 bits per heavy atom. The molecule has 0 heterocycles. The summed E-state index contributed by atoms with van der Waals surface area (Å²) in [5.74, 6) is -0.0484. The summed E-state index contributed by atoms with van der Waals surface area (Å²) in [7, 11) is 1.85. The fraction of sp³-hybridized carbons (Fsp3) is 0.300. The highest BCUT2D eigenvalue weighted by atomic mass is 79.9. The van der Waals surface area contributed by atoms with Crippen molar-refractivity contribution in [1.82, 2.24) is 10.6 Å². The third-order valence-corrected chi connectivity index (χ3v) is 2.47. The average Bonchev–Trinajstić information content (AvgIpc) is 2.18. The molecule has 0 aliphatic heterocycles. The lowest BCUT2D eigenvalue weighted by Crippen LogP contribution is -2.30. The molecular weight excluding hydrogens is 244 g/mol. The first-order valence-corrected chi connectivity index (χ1v) is 5.22. The van der Waals surface area contributed by atoms with E-state index in [9.17, 15) is 4.79 Å². The lowest BCUT2D eigenvalue weighted by Gasteiger charge is -2.05. The van der Waals surface area contributed by atoms with Gasteiger partial charge in [0.25, 0.3) is 5.91 Å². The van der Waals surface area contributed by atoms with Crippen LogP contribution >= 0.6 is 15.9 Å². The van der Waals surface area contributed by atoms with E-state index in [1.807, 2.05) is 25.2 Å². The Morgan fingerprint density at radius 3 is 2.71 bits per heavy atom. The first-order chi connectivity index (χ1) is 6.75. The maximum absolute atomic E-state index is 11.6. The molecule has 0 aliphatic rings. The van der Waals surface area contributed by atoms with Gasteiger partial charge in [-0.15, -0.1) is 0 Å². The SMILES string of the molecule is CNCCNC(=O)c1ccccc1Br. The van der Waals surface area contributed by atoms with Gasteiger partial charge in [-0.3, -0.25) is 4.79 Å². The standard InChI is InChI=1S/C10H13BrN2O/c1-12-6-7-13-10(14)8-4-2-3-5-9(8)11/h2-5,12H,6-7H2,1H3,(H,13,14). The van der Waals surface area contributed by atoms with Crippen LogP contribution in [0.25, 0.3) is 0 Å². The van der Waals surface area contributed by atoms with E-state index < -0.39 is 0 Å². The number of amides is 1. The molecule has 0 saturated heterocycles. The molecule has 3 nitrogen and oxygen atoms in total. The molecule has 2 N–H and O–H groups in total. The summed E-state index contributed by atoms with van der Waals surface area (Å²) < 4.78 is 0.821. The summed E-state index contributed by atoms with van der Waals surface area (Å²) >= 11 is 3.33. The van der Waals surface area contributed by atoms with Crippen molar-refractivity contribution in [3.63, 3.8) is 0 Å². The highest BCUT2D eigenvalue weighted by molar-refractivity contribution is 9.10. The third kappa shape index (κ3) is 3.12. The minimum atomic E-state index is -0.0484. The summed E-state index contributed by atoms with van der Waals surface area (Å²) in [6.45, 7) is 1.41. The van der Waals surface area contributed by atoms with Crippen LogP contribution in [0.2, 0.25) is 0 Å². The van der Waals surface area contributed by atoms with Crippen LogP contribution in [0.4, 0.5) is 0 Å². The Hall–Kier alpha value is -0.870. The van der Waals surface area contributed by atoms with E-state index >= 15 is 0 Å². The van der Waals surface area contributed by atoms with Crippen LogP contribution in [0.3, 0.4) is 0 Å². The molecule has 1 aromatic rings. The second-order valence-electron chi connectivity index (χ2n) is 2.84. The zero-order chi connectivity index (χ0) is 10.4. The van der Waals surface area contributed by atoms with E-state index in [0.29, 0.717) is 12.1 Å². The zero-order valence-electron chi connectivity index (χ0n) is 8.01. The van der Waals surface area contributed by atoms with Crippen molar-refractivity contribution in [2.45, 2.75) is 0 Å². The van der Waals surface area contributed by atoms with Crippen molar-refractivity contribution < 1.29 is 4.79 Å². The second-order valence-corrected chi connectivity index (χ2v) is 3.69. The normalized spacial score (nSPS) is 9.86. The molecule has 0 fully saturated rings. The van der Waals surface area contributed by atoms with Crippen LogP contribution in [0.1, 0.15) is 10.4 Å². The molecule has 4 heteroatoms. The smallest absolute Gasteiger partial charge is 0.252 e. The lowest BCUT2D eigenvalue weighted by atomic mass is 10.2. The largest absolute Gasteiger partial charge is 0.351 e. The highest BCUT2D eigenvalue weighted by Crippen LogP contribution is 2.15. The van der Waals surface area contributed by atoms with Gasteiger partial charge >= 0.3 is 0 Å². The maximum atomic E-state index is 11.6. The Labute approximate surface area is 92.0 Å². The van der Waals surface area contributed by atoms with Gasteiger partial charge in [0.1, 0.15) is 0 Å². The molecule has 0 radical (unpaired) electrons. The number of benzene rings is 1. The highest BCUT2D eigenvalue weighted by Gasteiger charge is 2.07. The van der Waals surface area contributed by atoms with Gasteiger partial charge in [-0.05, 0) is 35.1 Å². The summed E-state index contributed by atoms with van der Waals surface area (Å²) in [5.41, 5.74) is 0.670. The van der Waals surface area contributed by atoms with Gasteiger partial charge in [0.05, 0.1) is 5.56 Å². The fourth-order valence-electron chi connectivity index (χ4n) is 1.04. The number of hydrogen-bond donors (Lipinski definition) is 2. The van der Waals surface area contributed by atoms with Crippen LogP contribution < -0.4 is 10.6 Å². The zero-order valence-corrected chi connectivity index (χ0v) is 9.60. The summed E-state index contributed by atoms with van der Waals surface area (Å²) in [6, 6.07) is 7.37. The third-order valence-electron chi connectivity index (χ3n) is 1.78. The van der Waals surface area contributed by atoms with Gasteiger partial charge in [0.2, 0.25) is 0 Å². The summed E-state index contributed by atoms with van der Waals surface area (Å²) in [4.78, 5) is 11.6. The minimum absolute atomic E-state index is 0.0484. The Balaban J connectivity index is 2.56. The Bertz CT molecular complexity index is 315. The summed E-state index contributed by atoms with van der Waals surface area (Å²) in [5, 5.41) is 5.77. The predicted molar refractivity (Wildman–Crippen MR) is 60.4 cm³/mol. The van der Waals surface area contributed by atoms with Crippen LogP contribution in [0, 0.1) is 0 Å². The first-order valence-electron chi connectivity index (χ1n) is 4.43. The number of hydrogen-bond acceptors (Lipinski definition) is 2. The van der Waals surface area contributed by atoms with E-state index in [4.69, 9.17) is 0 Å². The topological polar surface area (TPSA) is 41.1 Å². The molecule has 0 aromatic heterocycles. The van der Waals surface area contributed by atoms with E-state index in [0.717, 1.165) is 11.0 Å². The molecule has 1 amide bonds. The molecule has 76 valence electrons. The molecule has 1 rings (SSSR count). The van der Waals surface area contributed by atoms with Gasteiger partial charge in [-0.25, -0.2) is 0 Å². The minimum Gasteiger partial charge on any atom is -0.351 e. The van der Waals surface area contributed by atoms with Crippen LogP contribution in [0.5, 0.6) is 0 Å². The predicted octanol–water partition coefficient (Wildman–Crippen LogP) is 1.40. The first kappa shape index (κ1) is 11.2. The molecule has 0 bridgehead atoms. The van der Waals surface area contributed by atoms with E-state index in [2.05, 4.69) is 26.6 Å². The van der Waals surface area contributed by atoms with E-state index in [1.54, 1.807) is 6.07 Å². The number of rotatable bonds is 4. The fourth-order valence-corrected chi connectivity index (χ4v) is 1.51. The quantitative estimate of drug-likeness (QED) is 0.800. The van der Waals surface area contributed by atoms with Crippen molar-refractivity contribution in [1.29, 1.82) is 0 Å². The second kappa shape index (κ2) is 5.78. The average molecular weight is 257 g/mol. The Morgan fingerprint density at radius 2 is 2.07 bits per heavy atom. The number of halogens is 1. The van der Waals surface area contributed by atoms with Crippen molar-refractivity contribution in [3.8, 4) is 0 Å². The number of carbonyl (C=O) groups excluding carboxylic acids is 1. The molecule has 0 aliphatic carbocycles. The van der Waals surface area contributed by atoms with Crippen molar-refractivity contribution in [2.75, 3.05) is 20.1 Å². The Kier molecular flexibility index (Phi) is 4.62. The number of likely N-dealkylation sites (N-methyl/N-ethyl adjacent to an activating group) is 1. The molecule has 0 atom stereocenters. The van der Waals surface area contributed by atoms with Crippen LogP contribution in [0.15, 0.2) is 28.7 Å². The van der Waals surface area contributed by atoms with Gasteiger partial charge < -0.3 is 10.6 Å². The number of carbonyl (C=O) groups is 1. The van der Waals surface area contributed by atoms with Gasteiger partial charge in [0, 0.05) is 17.6 Å². The molecular formula is C10H13BrN2O. The van der Waals surface area contributed by atoms with Crippen molar-refractivity contribution >= 4 is 21.8 Å².